The molecule has 0 bridgehead atoms. The van der Waals surface area contributed by atoms with E-state index in [2.05, 4.69) is 5.32 Å². The van der Waals surface area contributed by atoms with Crippen molar-refractivity contribution in [3.05, 3.63) is 0 Å². The standard InChI is InChI=1S/C6H13NO4S.ClH/c8-12(9,10)4-1-6-5-7-2-3-11-6;/h6-7H,1-5H2,(H,8,9,10);1H/t6-;/m0./s1. The molecule has 7 heteroatoms. The maximum atomic E-state index is 10.4. The Kier molecular flexibility index (Phi) is 5.82. The lowest BCUT2D eigenvalue weighted by molar-refractivity contribution is 0.0269. The van der Waals surface area contributed by atoms with Gasteiger partial charge in [-0.1, -0.05) is 0 Å². The van der Waals surface area contributed by atoms with Gasteiger partial charge in [-0.05, 0) is 6.42 Å². The molecule has 0 aromatic carbocycles. The zero-order valence-corrected chi connectivity index (χ0v) is 8.73. The van der Waals surface area contributed by atoms with Crippen LogP contribution in [0.5, 0.6) is 0 Å². The van der Waals surface area contributed by atoms with Crippen LogP contribution in [0, 0.1) is 0 Å². The molecule has 1 aliphatic heterocycles. The molecule has 2 N–H and O–H groups in total. The second kappa shape index (κ2) is 5.77. The molecule has 0 aromatic heterocycles. The lowest BCUT2D eigenvalue weighted by Gasteiger charge is -2.22. The van der Waals surface area contributed by atoms with Crippen molar-refractivity contribution in [1.82, 2.24) is 5.32 Å². The van der Waals surface area contributed by atoms with Crippen LogP contribution in [0.1, 0.15) is 6.42 Å². The summed E-state index contributed by atoms with van der Waals surface area (Å²) in [5.41, 5.74) is 0. The second-order valence-electron chi connectivity index (χ2n) is 2.77. The number of halogens is 1. The highest BCUT2D eigenvalue weighted by molar-refractivity contribution is 7.85. The number of ether oxygens (including phenoxy) is 1. The Hall–Kier alpha value is 0.120. The number of hydrogen-bond donors (Lipinski definition) is 2. The molecule has 0 radical (unpaired) electrons. The normalized spacial score (nSPS) is 23.6. The minimum Gasteiger partial charge on any atom is -0.376 e. The largest absolute Gasteiger partial charge is 0.376 e. The van der Waals surface area contributed by atoms with Crippen LogP contribution in [0.25, 0.3) is 0 Å². The Morgan fingerprint density at radius 3 is 2.69 bits per heavy atom. The fourth-order valence-corrected chi connectivity index (χ4v) is 1.65. The highest BCUT2D eigenvalue weighted by Gasteiger charge is 2.16. The van der Waals surface area contributed by atoms with Gasteiger partial charge in [-0.15, -0.1) is 12.4 Å². The quantitative estimate of drug-likeness (QED) is 0.651. The minimum atomic E-state index is -3.83. The third-order valence-corrected chi connectivity index (χ3v) is 2.45. The monoisotopic (exact) mass is 231 g/mol. The summed E-state index contributed by atoms with van der Waals surface area (Å²) < 4.78 is 34.4. The molecule has 1 saturated heterocycles. The molecule has 80 valence electrons. The average Bonchev–Trinajstić information content (AvgIpc) is 2.02. The SMILES string of the molecule is Cl.O=S(=O)(O)CC[C@H]1CNCCO1. The summed E-state index contributed by atoms with van der Waals surface area (Å²) in [5, 5.41) is 3.07. The van der Waals surface area contributed by atoms with Crippen molar-refractivity contribution in [3.63, 3.8) is 0 Å². The number of morpholine rings is 1. The van der Waals surface area contributed by atoms with Gasteiger partial charge in [0.1, 0.15) is 0 Å². The zero-order valence-electron chi connectivity index (χ0n) is 7.10. The first-order valence-corrected chi connectivity index (χ1v) is 5.46. The third kappa shape index (κ3) is 6.23. The molecule has 0 amide bonds. The van der Waals surface area contributed by atoms with Crippen LogP contribution in [-0.4, -0.2) is 44.5 Å². The van der Waals surface area contributed by atoms with E-state index in [1.165, 1.54) is 0 Å². The van der Waals surface area contributed by atoms with Crippen LogP contribution in [-0.2, 0) is 14.9 Å². The molecule has 1 atom stereocenters. The van der Waals surface area contributed by atoms with E-state index < -0.39 is 10.1 Å². The van der Waals surface area contributed by atoms with Crippen molar-refractivity contribution in [1.29, 1.82) is 0 Å². The highest BCUT2D eigenvalue weighted by Crippen LogP contribution is 2.02. The Balaban J connectivity index is 0.00000144. The van der Waals surface area contributed by atoms with Crippen LogP contribution < -0.4 is 5.32 Å². The molecule has 0 aromatic rings. The van der Waals surface area contributed by atoms with Crippen molar-refractivity contribution >= 4 is 22.5 Å². The van der Waals surface area contributed by atoms with Gasteiger partial charge in [0.15, 0.2) is 0 Å². The molecule has 0 saturated carbocycles. The van der Waals surface area contributed by atoms with Gasteiger partial charge in [-0.25, -0.2) is 0 Å². The Labute approximate surface area is 84.0 Å². The van der Waals surface area contributed by atoms with Gasteiger partial charge in [-0.3, -0.25) is 4.55 Å². The average molecular weight is 232 g/mol. The smallest absolute Gasteiger partial charge is 0.264 e. The summed E-state index contributed by atoms with van der Waals surface area (Å²) >= 11 is 0. The number of hydrogen-bond acceptors (Lipinski definition) is 4. The molecular weight excluding hydrogens is 218 g/mol. The van der Waals surface area contributed by atoms with Crippen LogP contribution in [0.2, 0.25) is 0 Å². The van der Waals surface area contributed by atoms with Gasteiger partial charge < -0.3 is 10.1 Å². The van der Waals surface area contributed by atoms with Gasteiger partial charge in [-0.2, -0.15) is 8.42 Å². The predicted molar refractivity (Wildman–Crippen MR) is 50.9 cm³/mol. The minimum absolute atomic E-state index is 0. The predicted octanol–water partition coefficient (Wildman–Crippen LogP) is -0.326. The summed E-state index contributed by atoms with van der Waals surface area (Å²) in [5.74, 6) is -0.223. The van der Waals surface area contributed by atoms with E-state index in [-0.39, 0.29) is 24.3 Å². The molecule has 1 heterocycles. The second-order valence-corrected chi connectivity index (χ2v) is 4.34. The van der Waals surface area contributed by atoms with E-state index in [4.69, 9.17) is 9.29 Å². The topological polar surface area (TPSA) is 75.6 Å². The van der Waals surface area contributed by atoms with Crippen molar-refractivity contribution in [2.75, 3.05) is 25.4 Å². The first-order chi connectivity index (χ1) is 5.58. The van der Waals surface area contributed by atoms with Gasteiger partial charge in [0, 0.05) is 13.1 Å². The molecule has 0 aliphatic carbocycles. The summed E-state index contributed by atoms with van der Waals surface area (Å²) in [6.45, 7) is 2.08. The Morgan fingerprint density at radius 2 is 2.23 bits per heavy atom. The first kappa shape index (κ1) is 13.1. The number of rotatable bonds is 3. The molecular formula is C6H14ClNO4S. The van der Waals surface area contributed by atoms with Crippen LogP contribution in [0.3, 0.4) is 0 Å². The summed E-state index contributed by atoms with van der Waals surface area (Å²) in [7, 11) is -3.83. The van der Waals surface area contributed by atoms with Gasteiger partial charge in [0.25, 0.3) is 10.1 Å². The lowest BCUT2D eigenvalue weighted by Crippen LogP contribution is -2.39. The Bertz CT molecular complexity index is 225. The van der Waals surface area contributed by atoms with E-state index in [0.717, 1.165) is 6.54 Å². The molecule has 1 aliphatic rings. The molecule has 1 fully saturated rings. The van der Waals surface area contributed by atoms with Crippen LogP contribution in [0.4, 0.5) is 0 Å². The highest BCUT2D eigenvalue weighted by atomic mass is 35.5. The van der Waals surface area contributed by atoms with Crippen molar-refractivity contribution in [2.24, 2.45) is 0 Å². The van der Waals surface area contributed by atoms with Crippen molar-refractivity contribution < 1.29 is 17.7 Å². The molecule has 0 spiro atoms. The summed E-state index contributed by atoms with van der Waals surface area (Å²) in [6.07, 6.45) is 0.270. The number of nitrogens with one attached hydrogen (secondary N) is 1. The van der Waals surface area contributed by atoms with E-state index in [0.29, 0.717) is 19.6 Å². The molecule has 1 rings (SSSR count). The Morgan fingerprint density at radius 1 is 1.54 bits per heavy atom. The van der Waals surface area contributed by atoms with E-state index in [1.54, 1.807) is 0 Å². The zero-order chi connectivity index (χ0) is 9.03. The molecule has 0 unspecified atom stereocenters. The maximum Gasteiger partial charge on any atom is 0.264 e. The summed E-state index contributed by atoms with van der Waals surface area (Å²) in [4.78, 5) is 0. The lowest BCUT2D eigenvalue weighted by atomic mass is 10.2. The fourth-order valence-electron chi connectivity index (χ4n) is 1.09. The first-order valence-electron chi connectivity index (χ1n) is 3.85. The van der Waals surface area contributed by atoms with Crippen LogP contribution in [0.15, 0.2) is 0 Å². The van der Waals surface area contributed by atoms with Gasteiger partial charge in [0.05, 0.1) is 18.5 Å². The van der Waals surface area contributed by atoms with Crippen LogP contribution >= 0.6 is 12.4 Å². The molecule has 5 nitrogen and oxygen atoms in total. The third-order valence-electron chi connectivity index (χ3n) is 1.70. The fraction of sp³-hybridized carbons (Fsp3) is 1.00. The van der Waals surface area contributed by atoms with Gasteiger partial charge >= 0.3 is 0 Å². The van der Waals surface area contributed by atoms with E-state index >= 15 is 0 Å². The van der Waals surface area contributed by atoms with Crippen molar-refractivity contribution in [3.8, 4) is 0 Å². The summed E-state index contributed by atoms with van der Waals surface area (Å²) in [6, 6.07) is 0. The molecule has 13 heavy (non-hydrogen) atoms. The van der Waals surface area contributed by atoms with Crippen molar-refractivity contribution in [2.45, 2.75) is 12.5 Å². The van der Waals surface area contributed by atoms with E-state index in [9.17, 15) is 8.42 Å². The maximum absolute atomic E-state index is 10.4. The van der Waals surface area contributed by atoms with Gasteiger partial charge in [0.2, 0.25) is 0 Å². The van der Waals surface area contributed by atoms with E-state index in [1.807, 2.05) is 0 Å².